The molecule has 0 aromatic rings. The zero-order chi connectivity index (χ0) is 7.49. The van der Waals surface area contributed by atoms with E-state index >= 15 is 0 Å². The predicted octanol–water partition coefficient (Wildman–Crippen LogP) is -2.01. The molecular weight excluding hydrogens is 150 g/mol. The first-order valence-corrected chi connectivity index (χ1v) is 3.36. The number of nitrogens with zero attached hydrogens (tertiary/aromatic N) is 1. The van der Waals surface area contributed by atoms with Crippen LogP contribution in [0.4, 0.5) is 0 Å². The molecular formula is C2H7NO5S. The summed E-state index contributed by atoms with van der Waals surface area (Å²) in [5.74, 6) is 0. The first kappa shape index (κ1) is 8.79. The van der Waals surface area contributed by atoms with Crippen LogP contribution in [0.1, 0.15) is 0 Å². The van der Waals surface area contributed by atoms with Crippen LogP contribution < -0.4 is 0 Å². The third-order valence-electron chi connectivity index (χ3n) is 0.642. The third-order valence-corrected chi connectivity index (χ3v) is 1.53. The maximum Gasteiger partial charge on any atom is 0.339 e. The van der Waals surface area contributed by atoms with Gasteiger partial charge in [0.25, 0.3) is 0 Å². The fourth-order valence-corrected chi connectivity index (χ4v) is 0.482. The van der Waals surface area contributed by atoms with Crippen LogP contribution in [0.5, 0.6) is 0 Å². The number of aliphatic hydroxyl groups is 2. The molecule has 0 heterocycles. The van der Waals surface area contributed by atoms with Crippen LogP contribution in [0, 0.1) is 0 Å². The van der Waals surface area contributed by atoms with Crippen molar-refractivity contribution in [3.05, 3.63) is 0 Å². The molecule has 0 rings (SSSR count). The summed E-state index contributed by atoms with van der Waals surface area (Å²) in [6.07, 6.45) is 0. The first-order valence-electron chi connectivity index (χ1n) is 1.96. The van der Waals surface area contributed by atoms with Crippen LogP contribution in [0.2, 0.25) is 0 Å². The van der Waals surface area contributed by atoms with Gasteiger partial charge in [-0.2, -0.15) is 8.42 Å². The fourth-order valence-electron chi connectivity index (χ4n) is 0.191. The van der Waals surface area contributed by atoms with Gasteiger partial charge >= 0.3 is 10.3 Å². The normalized spacial score (nSPS) is 12.4. The average molecular weight is 157 g/mol. The zero-order valence-electron chi connectivity index (χ0n) is 4.43. The summed E-state index contributed by atoms with van der Waals surface area (Å²) in [5.41, 5.74) is 0. The average Bonchev–Trinajstić information content (AvgIpc) is 1.65. The Morgan fingerprint density at radius 3 is 1.56 bits per heavy atom. The van der Waals surface area contributed by atoms with Gasteiger partial charge in [0, 0.05) is 0 Å². The summed E-state index contributed by atoms with van der Waals surface area (Å²) in [5, 5.41) is 16.2. The molecule has 0 aliphatic carbocycles. The third kappa shape index (κ3) is 2.72. The molecule has 0 aromatic heterocycles. The number of hydrogen-bond donors (Lipinski definition) is 3. The molecule has 0 unspecified atom stereocenters. The van der Waals surface area contributed by atoms with Crippen molar-refractivity contribution in [3.8, 4) is 0 Å². The standard InChI is InChI=1S/C2H7NO5S/c4-1-3(2-5)9(6,7)8/h4-5H,1-2H2,(H,6,7,8). The van der Waals surface area contributed by atoms with Crippen molar-refractivity contribution >= 4 is 10.3 Å². The molecule has 6 nitrogen and oxygen atoms in total. The monoisotopic (exact) mass is 157 g/mol. The van der Waals surface area contributed by atoms with Gasteiger partial charge in [0.1, 0.15) is 13.5 Å². The SMILES string of the molecule is O=S(=O)(O)N(CO)CO. The van der Waals surface area contributed by atoms with Crippen molar-refractivity contribution in [2.75, 3.05) is 13.5 Å². The topological polar surface area (TPSA) is 98.1 Å². The van der Waals surface area contributed by atoms with Crippen LogP contribution in [0.25, 0.3) is 0 Å². The molecule has 0 aliphatic rings. The predicted molar refractivity (Wildman–Crippen MR) is 27.6 cm³/mol. The maximum absolute atomic E-state index is 9.96. The van der Waals surface area contributed by atoms with Gasteiger partial charge in [-0.15, -0.1) is 4.31 Å². The molecule has 0 radical (unpaired) electrons. The second kappa shape index (κ2) is 3.08. The minimum Gasteiger partial charge on any atom is -0.380 e. The largest absolute Gasteiger partial charge is 0.380 e. The van der Waals surface area contributed by atoms with Crippen LogP contribution in [0.3, 0.4) is 0 Å². The van der Waals surface area contributed by atoms with Gasteiger partial charge in [-0.1, -0.05) is 0 Å². The highest BCUT2D eigenvalue weighted by Crippen LogP contribution is 1.90. The van der Waals surface area contributed by atoms with Crippen LogP contribution in [-0.4, -0.2) is 41.0 Å². The molecule has 0 aliphatic heterocycles. The highest BCUT2D eigenvalue weighted by atomic mass is 32.2. The Morgan fingerprint density at radius 2 is 1.56 bits per heavy atom. The summed E-state index contributed by atoms with van der Waals surface area (Å²) >= 11 is 0. The van der Waals surface area contributed by atoms with E-state index in [9.17, 15) is 8.42 Å². The van der Waals surface area contributed by atoms with E-state index in [4.69, 9.17) is 14.8 Å². The Morgan fingerprint density at radius 1 is 1.22 bits per heavy atom. The Kier molecular flexibility index (Phi) is 3.01. The Balaban J connectivity index is 4.14. The summed E-state index contributed by atoms with van der Waals surface area (Å²) in [6, 6.07) is 0. The molecule has 0 atom stereocenters. The molecule has 0 fully saturated rings. The van der Waals surface area contributed by atoms with E-state index in [1.165, 1.54) is 0 Å². The lowest BCUT2D eigenvalue weighted by Crippen LogP contribution is -2.31. The molecule has 3 N–H and O–H groups in total. The van der Waals surface area contributed by atoms with E-state index in [0.29, 0.717) is 0 Å². The minimum atomic E-state index is -4.43. The molecule has 7 heteroatoms. The number of aliphatic hydroxyl groups excluding tert-OH is 2. The molecule has 0 amide bonds. The second-order valence-electron chi connectivity index (χ2n) is 1.21. The highest BCUT2D eigenvalue weighted by Gasteiger charge is 2.14. The quantitative estimate of drug-likeness (QED) is 0.325. The molecule has 0 spiro atoms. The molecule has 0 aromatic carbocycles. The number of hydrogen-bond acceptors (Lipinski definition) is 4. The zero-order valence-corrected chi connectivity index (χ0v) is 5.24. The summed E-state index contributed by atoms with van der Waals surface area (Å²) in [7, 11) is -4.43. The van der Waals surface area contributed by atoms with Crippen molar-refractivity contribution in [2.45, 2.75) is 0 Å². The van der Waals surface area contributed by atoms with Crippen LogP contribution in [0.15, 0.2) is 0 Å². The van der Waals surface area contributed by atoms with Gasteiger partial charge in [0.05, 0.1) is 0 Å². The van der Waals surface area contributed by atoms with E-state index in [1.54, 1.807) is 0 Å². The van der Waals surface area contributed by atoms with E-state index < -0.39 is 23.8 Å². The summed E-state index contributed by atoms with van der Waals surface area (Å²) < 4.78 is 28.0. The number of rotatable bonds is 3. The van der Waals surface area contributed by atoms with Crippen molar-refractivity contribution in [1.29, 1.82) is 0 Å². The van der Waals surface area contributed by atoms with Crippen molar-refractivity contribution in [1.82, 2.24) is 4.31 Å². The molecule has 0 saturated heterocycles. The molecule has 9 heavy (non-hydrogen) atoms. The van der Waals surface area contributed by atoms with Crippen molar-refractivity contribution in [3.63, 3.8) is 0 Å². The van der Waals surface area contributed by atoms with Crippen LogP contribution >= 0.6 is 0 Å². The lowest BCUT2D eigenvalue weighted by molar-refractivity contribution is 0.0885. The summed E-state index contributed by atoms with van der Waals surface area (Å²) in [6.45, 7) is -1.87. The maximum atomic E-state index is 9.96. The molecule has 0 bridgehead atoms. The van der Waals surface area contributed by atoms with Gasteiger partial charge in [0.2, 0.25) is 0 Å². The second-order valence-corrected chi connectivity index (χ2v) is 2.62. The Labute approximate surface area is 52.2 Å². The molecule has 0 saturated carbocycles. The first-order chi connectivity index (χ1) is 4.02. The van der Waals surface area contributed by atoms with Gasteiger partial charge in [0.15, 0.2) is 0 Å². The molecule has 56 valence electrons. The van der Waals surface area contributed by atoms with Gasteiger partial charge in [-0.3, -0.25) is 4.55 Å². The Bertz CT molecular complexity index is 158. The minimum absolute atomic E-state index is 0.0764. The van der Waals surface area contributed by atoms with Gasteiger partial charge in [-0.05, 0) is 0 Å². The van der Waals surface area contributed by atoms with E-state index in [1.807, 2.05) is 0 Å². The van der Waals surface area contributed by atoms with Crippen molar-refractivity contribution < 1.29 is 23.2 Å². The highest BCUT2D eigenvalue weighted by molar-refractivity contribution is 7.83. The Hall–Kier alpha value is -0.210. The van der Waals surface area contributed by atoms with E-state index in [2.05, 4.69) is 0 Å². The fraction of sp³-hybridized carbons (Fsp3) is 1.00. The lowest BCUT2D eigenvalue weighted by atomic mass is 11.1. The van der Waals surface area contributed by atoms with E-state index in [0.717, 1.165) is 0 Å². The summed E-state index contributed by atoms with van der Waals surface area (Å²) in [4.78, 5) is 0. The van der Waals surface area contributed by atoms with Crippen molar-refractivity contribution in [2.24, 2.45) is 0 Å². The lowest BCUT2D eigenvalue weighted by Gasteiger charge is -2.09. The van der Waals surface area contributed by atoms with E-state index in [-0.39, 0.29) is 4.31 Å². The van der Waals surface area contributed by atoms with Gasteiger partial charge in [-0.25, -0.2) is 0 Å². The van der Waals surface area contributed by atoms with Gasteiger partial charge < -0.3 is 10.2 Å². The smallest absolute Gasteiger partial charge is 0.339 e. The van der Waals surface area contributed by atoms with Crippen LogP contribution in [-0.2, 0) is 10.3 Å².